The number of sulfonamides is 1. The van der Waals surface area contributed by atoms with Crippen LogP contribution in [0.15, 0.2) is 48.5 Å². The molecule has 0 radical (unpaired) electrons. The van der Waals surface area contributed by atoms with Crippen molar-refractivity contribution in [2.75, 3.05) is 26.7 Å². The molecular weight excluding hydrogens is 419 g/mol. The number of piperidine rings is 1. The first-order valence-corrected chi connectivity index (χ1v) is 12.1. The predicted molar refractivity (Wildman–Crippen MR) is 118 cm³/mol. The van der Waals surface area contributed by atoms with Gasteiger partial charge in [0.15, 0.2) is 0 Å². The van der Waals surface area contributed by atoms with Gasteiger partial charge in [-0.3, -0.25) is 4.79 Å². The molecule has 0 unspecified atom stereocenters. The van der Waals surface area contributed by atoms with Crippen molar-refractivity contribution in [3.05, 3.63) is 65.5 Å². The Kier molecular flexibility index (Phi) is 8.03. The molecule has 1 aliphatic heterocycles. The first kappa shape index (κ1) is 23.2. The molecule has 8 heteroatoms. The van der Waals surface area contributed by atoms with Crippen LogP contribution in [0.1, 0.15) is 30.4 Å². The summed E-state index contributed by atoms with van der Waals surface area (Å²) in [5.41, 5.74) is 1.74. The van der Waals surface area contributed by atoms with E-state index in [-0.39, 0.29) is 17.6 Å². The van der Waals surface area contributed by atoms with Gasteiger partial charge < -0.3 is 10.1 Å². The van der Waals surface area contributed by atoms with Crippen molar-refractivity contribution in [2.24, 2.45) is 5.92 Å². The molecule has 0 bridgehead atoms. The normalized spacial score (nSPS) is 15.5. The third-order valence-corrected chi connectivity index (χ3v) is 7.43. The first-order chi connectivity index (χ1) is 14.9. The molecule has 168 valence electrons. The lowest BCUT2D eigenvalue weighted by atomic mass is 9.97. The Balaban J connectivity index is 1.39. The monoisotopic (exact) mass is 448 g/mol. The number of amides is 1. The van der Waals surface area contributed by atoms with Gasteiger partial charge in [-0.2, -0.15) is 0 Å². The molecule has 31 heavy (non-hydrogen) atoms. The first-order valence-electron chi connectivity index (χ1n) is 10.5. The Morgan fingerprint density at radius 3 is 2.29 bits per heavy atom. The Morgan fingerprint density at radius 1 is 1.06 bits per heavy atom. The van der Waals surface area contributed by atoms with Crippen LogP contribution in [0.4, 0.5) is 4.39 Å². The summed E-state index contributed by atoms with van der Waals surface area (Å²) in [5, 5.41) is 2.98. The van der Waals surface area contributed by atoms with E-state index < -0.39 is 15.8 Å². The van der Waals surface area contributed by atoms with Crippen LogP contribution in [0, 0.1) is 11.7 Å². The highest BCUT2D eigenvalue weighted by atomic mass is 32.2. The highest BCUT2D eigenvalue weighted by molar-refractivity contribution is 7.88. The lowest BCUT2D eigenvalue weighted by molar-refractivity contribution is -0.126. The highest BCUT2D eigenvalue weighted by Gasteiger charge is 2.31. The lowest BCUT2D eigenvalue weighted by Crippen LogP contribution is -2.43. The van der Waals surface area contributed by atoms with Gasteiger partial charge in [-0.1, -0.05) is 24.3 Å². The molecule has 2 aromatic carbocycles. The van der Waals surface area contributed by atoms with Crippen LogP contribution in [-0.2, 0) is 27.0 Å². The minimum absolute atomic E-state index is 0.00897. The second kappa shape index (κ2) is 10.7. The van der Waals surface area contributed by atoms with Crippen LogP contribution in [-0.4, -0.2) is 45.4 Å². The molecular formula is C23H29FN2O4S. The number of benzene rings is 2. The van der Waals surface area contributed by atoms with Crippen molar-refractivity contribution >= 4 is 15.9 Å². The SMILES string of the molecule is COc1ccc(CCCNC(=O)C2CCN(S(=O)(=O)Cc3ccc(F)cc3)CC2)cc1. The zero-order valence-corrected chi connectivity index (χ0v) is 18.5. The third kappa shape index (κ3) is 6.77. The lowest BCUT2D eigenvalue weighted by Gasteiger charge is -2.30. The number of carbonyl (C=O) groups is 1. The Bertz CT molecular complexity index is 954. The standard InChI is InChI=1S/C23H29FN2O4S/c1-30-22-10-6-18(7-11-22)3-2-14-25-23(27)20-12-15-26(16-13-20)31(28,29)17-19-4-8-21(24)9-5-19/h4-11,20H,2-3,12-17H2,1H3,(H,25,27). The highest BCUT2D eigenvalue weighted by Crippen LogP contribution is 2.22. The zero-order chi connectivity index (χ0) is 22.3. The fourth-order valence-corrected chi connectivity index (χ4v) is 5.28. The smallest absolute Gasteiger partial charge is 0.223 e. The predicted octanol–water partition coefficient (Wildman–Crippen LogP) is 3.13. The summed E-state index contributed by atoms with van der Waals surface area (Å²) in [6.45, 7) is 1.24. The molecule has 1 heterocycles. The van der Waals surface area contributed by atoms with Crippen molar-refractivity contribution in [2.45, 2.75) is 31.4 Å². The van der Waals surface area contributed by atoms with E-state index in [1.165, 1.54) is 34.1 Å². The number of halogens is 1. The van der Waals surface area contributed by atoms with Gasteiger partial charge in [0, 0.05) is 25.6 Å². The largest absolute Gasteiger partial charge is 0.497 e. The molecule has 1 aliphatic rings. The fourth-order valence-electron chi connectivity index (χ4n) is 3.72. The second-order valence-corrected chi connectivity index (χ2v) is 9.77. The molecule has 0 atom stereocenters. The maximum Gasteiger partial charge on any atom is 0.223 e. The van der Waals surface area contributed by atoms with Crippen LogP contribution in [0.5, 0.6) is 5.75 Å². The quantitative estimate of drug-likeness (QED) is 0.598. The Hall–Kier alpha value is -2.45. The minimum atomic E-state index is -3.48. The van der Waals surface area contributed by atoms with Crippen molar-refractivity contribution in [1.82, 2.24) is 9.62 Å². The number of rotatable bonds is 9. The molecule has 1 N–H and O–H groups in total. The van der Waals surface area contributed by atoms with E-state index in [0.717, 1.165) is 18.6 Å². The zero-order valence-electron chi connectivity index (χ0n) is 17.7. The molecule has 1 saturated heterocycles. The van der Waals surface area contributed by atoms with E-state index in [9.17, 15) is 17.6 Å². The van der Waals surface area contributed by atoms with E-state index in [4.69, 9.17) is 4.74 Å². The number of ether oxygens (including phenoxy) is 1. The molecule has 0 spiro atoms. The average Bonchev–Trinajstić information content (AvgIpc) is 2.78. The van der Waals surface area contributed by atoms with Crippen molar-refractivity contribution in [3.63, 3.8) is 0 Å². The van der Waals surface area contributed by atoms with Gasteiger partial charge in [-0.25, -0.2) is 17.1 Å². The summed E-state index contributed by atoms with van der Waals surface area (Å²) in [4.78, 5) is 12.4. The molecule has 3 rings (SSSR count). The Labute approximate surface area is 183 Å². The van der Waals surface area contributed by atoms with Crippen LogP contribution in [0.25, 0.3) is 0 Å². The fraction of sp³-hybridized carbons (Fsp3) is 0.435. The molecule has 1 fully saturated rings. The molecule has 1 amide bonds. The van der Waals surface area contributed by atoms with Gasteiger partial charge in [0.05, 0.1) is 12.9 Å². The van der Waals surface area contributed by atoms with Crippen LogP contribution in [0.2, 0.25) is 0 Å². The summed E-state index contributed by atoms with van der Waals surface area (Å²) in [6, 6.07) is 13.4. The number of methoxy groups -OCH3 is 1. The van der Waals surface area contributed by atoms with Gasteiger partial charge in [-0.05, 0) is 61.1 Å². The van der Waals surface area contributed by atoms with Crippen molar-refractivity contribution in [3.8, 4) is 5.75 Å². The summed E-state index contributed by atoms with van der Waals surface area (Å²) in [5.74, 6) is 0.0961. The Morgan fingerprint density at radius 2 is 1.68 bits per heavy atom. The van der Waals surface area contributed by atoms with E-state index in [1.54, 1.807) is 7.11 Å². The number of nitrogens with zero attached hydrogens (tertiary/aromatic N) is 1. The van der Waals surface area contributed by atoms with Gasteiger partial charge in [-0.15, -0.1) is 0 Å². The number of hydrogen-bond acceptors (Lipinski definition) is 4. The van der Waals surface area contributed by atoms with Crippen molar-refractivity contribution in [1.29, 1.82) is 0 Å². The number of aryl methyl sites for hydroxylation is 1. The van der Waals surface area contributed by atoms with E-state index in [0.29, 0.717) is 38.0 Å². The number of hydrogen-bond donors (Lipinski definition) is 1. The summed E-state index contributed by atoms with van der Waals surface area (Å²) in [7, 11) is -1.85. The van der Waals surface area contributed by atoms with E-state index in [1.807, 2.05) is 24.3 Å². The van der Waals surface area contributed by atoms with Crippen LogP contribution < -0.4 is 10.1 Å². The third-order valence-electron chi connectivity index (χ3n) is 5.58. The second-order valence-electron chi connectivity index (χ2n) is 7.80. The summed E-state index contributed by atoms with van der Waals surface area (Å²) in [6.07, 6.45) is 2.72. The van der Waals surface area contributed by atoms with Gasteiger partial charge in [0.2, 0.25) is 15.9 Å². The average molecular weight is 449 g/mol. The van der Waals surface area contributed by atoms with Crippen LogP contribution >= 0.6 is 0 Å². The van der Waals surface area contributed by atoms with Gasteiger partial charge in [0.1, 0.15) is 11.6 Å². The topological polar surface area (TPSA) is 75.7 Å². The molecule has 6 nitrogen and oxygen atoms in total. The molecule has 2 aromatic rings. The van der Waals surface area contributed by atoms with E-state index in [2.05, 4.69) is 5.32 Å². The van der Waals surface area contributed by atoms with Crippen molar-refractivity contribution < 1.29 is 22.3 Å². The maximum atomic E-state index is 13.0. The minimum Gasteiger partial charge on any atom is -0.497 e. The number of carbonyl (C=O) groups excluding carboxylic acids is 1. The number of nitrogens with one attached hydrogen (secondary N) is 1. The van der Waals surface area contributed by atoms with Crippen LogP contribution in [0.3, 0.4) is 0 Å². The summed E-state index contributed by atoms with van der Waals surface area (Å²) < 4.78 is 44.8. The van der Waals surface area contributed by atoms with E-state index >= 15 is 0 Å². The van der Waals surface area contributed by atoms with Gasteiger partial charge >= 0.3 is 0 Å². The summed E-state index contributed by atoms with van der Waals surface area (Å²) >= 11 is 0. The molecule has 0 aliphatic carbocycles. The molecule has 0 aromatic heterocycles. The molecule has 0 saturated carbocycles. The van der Waals surface area contributed by atoms with Gasteiger partial charge in [0.25, 0.3) is 0 Å². The maximum absolute atomic E-state index is 13.0.